The van der Waals surface area contributed by atoms with Crippen LogP contribution in [0.1, 0.15) is 18.9 Å². The van der Waals surface area contributed by atoms with Crippen molar-refractivity contribution in [2.75, 3.05) is 26.0 Å². The van der Waals surface area contributed by atoms with Crippen LogP contribution in [0.5, 0.6) is 0 Å². The van der Waals surface area contributed by atoms with Crippen molar-refractivity contribution in [3.8, 4) is 0 Å². The van der Waals surface area contributed by atoms with Gasteiger partial charge >= 0.3 is 0 Å². The molecule has 0 aromatic heterocycles. The van der Waals surface area contributed by atoms with Crippen molar-refractivity contribution in [2.24, 2.45) is 5.73 Å². The lowest BCUT2D eigenvalue weighted by Gasteiger charge is -2.19. The maximum Gasteiger partial charge on any atom is 0.224 e. The van der Waals surface area contributed by atoms with Gasteiger partial charge in [-0.2, -0.15) is 0 Å². The van der Waals surface area contributed by atoms with Gasteiger partial charge in [-0.15, -0.1) is 0 Å². The van der Waals surface area contributed by atoms with Crippen LogP contribution >= 0.6 is 0 Å². The van der Waals surface area contributed by atoms with Crippen LogP contribution in [0.15, 0.2) is 24.3 Å². The van der Waals surface area contributed by atoms with E-state index in [1.54, 1.807) is 4.90 Å². The molecule has 0 spiro atoms. The van der Waals surface area contributed by atoms with E-state index in [0.29, 0.717) is 13.0 Å². The number of hydrogen-bond donors (Lipinski definition) is 1. The van der Waals surface area contributed by atoms with Crippen LogP contribution in [0.25, 0.3) is 0 Å². The van der Waals surface area contributed by atoms with Crippen molar-refractivity contribution < 1.29 is 4.79 Å². The zero-order valence-corrected chi connectivity index (χ0v) is 11.7. The molecule has 4 heteroatoms. The third-order valence-electron chi connectivity index (χ3n) is 2.79. The van der Waals surface area contributed by atoms with E-state index in [4.69, 9.17) is 5.73 Å². The van der Waals surface area contributed by atoms with E-state index < -0.39 is 0 Å². The highest BCUT2D eigenvalue weighted by molar-refractivity contribution is 5.76. The van der Waals surface area contributed by atoms with Crippen molar-refractivity contribution in [2.45, 2.75) is 25.9 Å². The lowest BCUT2D eigenvalue weighted by molar-refractivity contribution is -0.130. The average Bonchev–Trinajstić information content (AvgIpc) is 2.28. The van der Waals surface area contributed by atoms with Gasteiger partial charge in [-0.05, 0) is 24.6 Å². The maximum atomic E-state index is 11.8. The summed E-state index contributed by atoms with van der Waals surface area (Å²) in [7, 11) is 5.82. The first kappa shape index (κ1) is 14.5. The van der Waals surface area contributed by atoms with Crippen LogP contribution in [-0.4, -0.2) is 38.0 Å². The second-order valence-electron chi connectivity index (χ2n) is 4.99. The molecule has 2 N–H and O–H groups in total. The standard InChI is InChI=1S/C14H23N3O/c1-11(15)9-14(18)17(4)10-12-5-7-13(8-6-12)16(2)3/h5-8,11H,9-10,15H2,1-4H3. The molecule has 1 unspecified atom stereocenters. The molecule has 100 valence electrons. The number of rotatable bonds is 5. The minimum Gasteiger partial charge on any atom is -0.378 e. The second-order valence-corrected chi connectivity index (χ2v) is 4.99. The number of amides is 1. The number of benzene rings is 1. The summed E-state index contributed by atoms with van der Waals surface area (Å²) in [5.41, 5.74) is 7.91. The van der Waals surface area contributed by atoms with E-state index in [9.17, 15) is 4.79 Å². The molecule has 0 saturated carbocycles. The summed E-state index contributed by atoms with van der Waals surface area (Å²) in [6.45, 7) is 2.47. The summed E-state index contributed by atoms with van der Waals surface area (Å²) in [6.07, 6.45) is 0.395. The SMILES string of the molecule is CC(N)CC(=O)N(C)Cc1ccc(N(C)C)cc1. The summed E-state index contributed by atoms with van der Waals surface area (Å²) in [5, 5.41) is 0. The fraction of sp³-hybridized carbons (Fsp3) is 0.500. The Labute approximate surface area is 109 Å². The molecular formula is C14H23N3O. The molecule has 0 heterocycles. The molecule has 1 aromatic rings. The fourth-order valence-corrected chi connectivity index (χ4v) is 1.69. The number of nitrogens with zero attached hydrogens (tertiary/aromatic N) is 2. The van der Waals surface area contributed by atoms with Crippen LogP contribution in [0.2, 0.25) is 0 Å². The fourth-order valence-electron chi connectivity index (χ4n) is 1.69. The molecule has 1 amide bonds. The van der Waals surface area contributed by atoms with E-state index in [2.05, 4.69) is 17.0 Å². The van der Waals surface area contributed by atoms with Gasteiger partial charge in [0.2, 0.25) is 5.91 Å². The van der Waals surface area contributed by atoms with Gasteiger partial charge in [0, 0.05) is 45.8 Å². The molecule has 0 radical (unpaired) electrons. The zero-order valence-electron chi connectivity index (χ0n) is 11.7. The van der Waals surface area contributed by atoms with Gasteiger partial charge in [-0.25, -0.2) is 0 Å². The summed E-state index contributed by atoms with van der Waals surface area (Å²) < 4.78 is 0. The molecule has 18 heavy (non-hydrogen) atoms. The van der Waals surface area contributed by atoms with E-state index in [1.807, 2.05) is 40.2 Å². The normalized spacial score (nSPS) is 12.1. The van der Waals surface area contributed by atoms with Crippen LogP contribution < -0.4 is 10.6 Å². The Balaban J connectivity index is 2.59. The molecule has 0 aliphatic heterocycles. The van der Waals surface area contributed by atoms with Gasteiger partial charge in [-0.1, -0.05) is 12.1 Å². The molecule has 0 aliphatic carbocycles. The van der Waals surface area contributed by atoms with Crippen molar-refractivity contribution in [3.05, 3.63) is 29.8 Å². The maximum absolute atomic E-state index is 11.8. The lowest BCUT2D eigenvalue weighted by atomic mass is 10.1. The molecular weight excluding hydrogens is 226 g/mol. The van der Waals surface area contributed by atoms with E-state index in [1.165, 1.54) is 0 Å². The van der Waals surface area contributed by atoms with Crippen LogP contribution in [0.4, 0.5) is 5.69 Å². The zero-order chi connectivity index (χ0) is 13.7. The number of carbonyl (C=O) groups is 1. The van der Waals surface area contributed by atoms with Gasteiger partial charge in [0.05, 0.1) is 0 Å². The van der Waals surface area contributed by atoms with Crippen LogP contribution in [0, 0.1) is 0 Å². The first-order valence-corrected chi connectivity index (χ1v) is 6.16. The van der Waals surface area contributed by atoms with Crippen molar-refractivity contribution in [3.63, 3.8) is 0 Å². The van der Waals surface area contributed by atoms with E-state index in [-0.39, 0.29) is 11.9 Å². The molecule has 1 atom stereocenters. The second kappa shape index (κ2) is 6.40. The predicted octanol–water partition coefficient (Wildman–Crippen LogP) is 1.45. The Morgan fingerprint density at radius 1 is 1.22 bits per heavy atom. The minimum atomic E-state index is -0.0870. The Hall–Kier alpha value is -1.55. The van der Waals surface area contributed by atoms with Gasteiger partial charge in [0.25, 0.3) is 0 Å². The summed E-state index contributed by atoms with van der Waals surface area (Å²) in [6, 6.07) is 8.12. The third kappa shape index (κ3) is 4.37. The Bertz CT molecular complexity index is 385. The lowest BCUT2D eigenvalue weighted by Crippen LogP contribution is -2.31. The van der Waals surface area contributed by atoms with Gasteiger partial charge < -0.3 is 15.5 Å². The number of nitrogens with two attached hydrogens (primary N) is 1. The first-order valence-electron chi connectivity index (χ1n) is 6.16. The Kier molecular flexibility index (Phi) is 5.16. The summed E-state index contributed by atoms with van der Waals surface area (Å²) in [4.78, 5) is 15.5. The smallest absolute Gasteiger partial charge is 0.224 e. The molecule has 1 rings (SSSR count). The van der Waals surface area contributed by atoms with Crippen LogP contribution in [-0.2, 0) is 11.3 Å². The van der Waals surface area contributed by atoms with Gasteiger partial charge in [0.1, 0.15) is 0 Å². The third-order valence-corrected chi connectivity index (χ3v) is 2.79. The molecule has 4 nitrogen and oxygen atoms in total. The van der Waals surface area contributed by atoms with Crippen molar-refractivity contribution in [1.29, 1.82) is 0 Å². The highest BCUT2D eigenvalue weighted by atomic mass is 16.2. The Morgan fingerprint density at radius 2 is 1.78 bits per heavy atom. The predicted molar refractivity (Wildman–Crippen MR) is 75.5 cm³/mol. The van der Waals surface area contributed by atoms with Crippen molar-refractivity contribution >= 4 is 11.6 Å². The van der Waals surface area contributed by atoms with Gasteiger partial charge in [0.15, 0.2) is 0 Å². The average molecular weight is 249 g/mol. The quantitative estimate of drug-likeness (QED) is 0.859. The summed E-state index contributed by atoms with van der Waals surface area (Å²) >= 11 is 0. The number of hydrogen-bond acceptors (Lipinski definition) is 3. The molecule has 0 bridgehead atoms. The van der Waals surface area contributed by atoms with E-state index >= 15 is 0 Å². The molecule has 0 aliphatic rings. The monoisotopic (exact) mass is 249 g/mol. The molecule has 0 fully saturated rings. The summed E-state index contributed by atoms with van der Waals surface area (Å²) in [5.74, 6) is 0.0849. The number of carbonyl (C=O) groups excluding carboxylic acids is 1. The molecule has 1 aromatic carbocycles. The van der Waals surface area contributed by atoms with Crippen LogP contribution in [0.3, 0.4) is 0 Å². The highest BCUT2D eigenvalue weighted by Gasteiger charge is 2.11. The first-order chi connectivity index (χ1) is 8.40. The van der Waals surface area contributed by atoms with Crippen molar-refractivity contribution in [1.82, 2.24) is 4.90 Å². The topological polar surface area (TPSA) is 49.6 Å². The molecule has 0 saturated heterocycles. The van der Waals surface area contributed by atoms with Gasteiger partial charge in [-0.3, -0.25) is 4.79 Å². The van der Waals surface area contributed by atoms with E-state index in [0.717, 1.165) is 11.3 Å². The number of anilines is 1. The minimum absolute atomic E-state index is 0.0849. The largest absolute Gasteiger partial charge is 0.378 e. The Morgan fingerprint density at radius 3 is 2.22 bits per heavy atom. The highest BCUT2D eigenvalue weighted by Crippen LogP contribution is 2.13.